The number of hydrogen-bond donors (Lipinski definition) is 0. The Kier molecular flexibility index (Phi) is 5.89. The summed E-state index contributed by atoms with van der Waals surface area (Å²) in [7, 11) is 0. The molecule has 0 N–H and O–H groups in total. The monoisotopic (exact) mass is 652 g/mol. The smallest absolute Gasteiger partial charge is 0.180 e. The first kappa shape index (κ1) is 27.9. The Bertz CT molecular complexity index is 3120. The van der Waals surface area contributed by atoms with Gasteiger partial charge in [-0.25, -0.2) is 9.97 Å². The van der Waals surface area contributed by atoms with Gasteiger partial charge in [0.25, 0.3) is 0 Å². The number of fused-ring (bicyclic) bond motifs is 10. The van der Waals surface area contributed by atoms with Crippen molar-refractivity contribution in [3.05, 3.63) is 170 Å². The molecule has 0 bridgehead atoms. The van der Waals surface area contributed by atoms with Crippen LogP contribution in [0.5, 0.6) is 0 Å². The molecule has 0 saturated heterocycles. The average Bonchev–Trinajstić information content (AvgIpc) is 3.85. The van der Waals surface area contributed by atoms with Gasteiger partial charge in [0.2, 0.25) is 0 Å². The topological polar surface area (TPSA) is 48.8 Å². The first-order valence-electron chi connectivity index (χ1n) is 17.2. The van der Waals surface area contributed by atoms with Crippen molar-refractivity contribution in [3.8, 4) is 34.0 Å². The molecule has 4 aromatic heterocycles. The summed E-state index contributed by atoms with van der Waals surface area (Å²) < 4.78 is 11.5. The Morgan fingerprint density at radius 1 is 0.412 bits per heavy atom. The van der Waals surface area contributed by atoms with E-state index in [0.717, 1.165) is 55.7 Å². The van der Waals surface area contributed by atoms with Crippen molar-refractivity contribution in [1.82, 2.24) is 19.1 Å². The molecule has 51 heavy (non-hydrogen) atoms. The second-order valence-electron chi connectivity index (χ2n) is 13.0. The van der Waals surface area contributed by atoms with Crippen LogP contribution in [-0.2, 0) is 0 Å². The van der Waals surface area contributed by atoms with Crippen LogP contribution in [0.25, 0.3) is 99.7 Å². The molecule has 0 amide bonds. The van der Waals surface area contributed by atoms with Crippen molar-refractivity contribution in [2.24, 2.45) is 0 Å². The molecule has 0 aliphatic heterocycles. The molecular weight excluding hydrogens is 625 g/mol. The molecule has 0 aliphatic rings. The normalized spacial score (nSPS) is 11.9. The standard InChI is InChI=1S/C46H28N4O/c1-4-14-29(15-5-1)43-45-44(48-46(47-43)30-16-6-2-7-17-30)35-25-24-32(28-40(35)51-45)50-37-23-13-11-21-34(37)42-39(50)27-26-38-41(42)33-20-10-12-22-36(33)49(38)31-18-8-3-9-19-31/h1-28H. The zero-order valence-electron chi connectivity index (χ0n) is 27.4. The van der Waals surface area contributed by atoms with Gasteiger partial charge >= 0.3 is 0 Å². The summed E-state index contributed by atoms with van der Waals surface area (Å²) in [6, 6.07) is 59.5. The molecule has 11 aromatic rings. The van der Waals surface area contributed by atoms with Gasteiger partial charge in [0.15, 0.2) is 11.4 Å². The summed E-state index contributed by atoms with van der Waals surface area (Å²) in [5.41, 5.74) is 11.8. The average molecular weight is 653 g/mol. The minimum atomic E-state index is 0.676. The molecule has 0 atom stereocenters. The molecule has 0 unspecified atom stereocenters. The van der Waals surface area contributed by atoms with Crippen LogP contribution in [0.4, 0.5) is 0 Å². The number of nitrogens with zero attached hydrogens (tertiary/aromatic N) is 4. The van der Waals surface area contributed by atoms with Gasteiger partial charge in [0.05, 0.1) is 22.1 Å². The van der Waals surface area contributed by atoms with E-state index in [1.807, 2.05) is 48.5 Å². The fourth-order valence-electron chi connectivity index (χ4n) is 7.93. The van der Waals surface area contributed by atoms with Crippen molar-refractivity contribution < 1.29 is 4.42 Å². The summed E-state index contributed by atoms with van der Waals surface area (Å²) in [6.07, 6.45) is 0. The van der Waals surface area contributed by atoms with E-state index in [4.69, 9.17) is 14.4 Å². The molecule has 0 radical (unpaired) electrons. The van der Waals surface area contributed by atoms with Gasteiger partial charge in [-0.3, -0.25) is 0 Å². The molecule has 0 spiro atoms. The number of hydrogen-bond acceptors (Lipinski definition) is 3. The molecule has 5 heteroatoms. The van der Waals surface area contributed by atoms with Crippen LogP contribution in [0, 0.1) is 0 Å². The maximum absolute atomic E-state index is 6.73. The molecule has 11 rings (SSSR count). The summed E-state index contributed by atoms with van der Waals surface area (Å²) in [6.45, 7) is 0. The van der Waals surface area contributed by atoms with Crippen molar-refractivity contribution in [3.63, 3.8) is 0 Å². The van der Waals surface area contributed by atoms with Crippen LogP contribution in [0.15, 0.2) is 174 Å². The van der Waals surface area contributed by atoms with Crippen LogP contribution < -0.4 is 0 Å². The van der Waals surface area contributed by atoms with E-state index in [9.17, 15) is 0 Å². The highest BCUT2D eigenvalue weighted by Gasteiger charge is 2.22. The number of para-hydroxylation sites is 3. The van der Waals surface area contributed by atoms with Crippen molar-refractivity contribution in [2.75, 3.05) is 0 Å². The van der Waals surface area contributed by atoms with Gasteiger partial charge in [-0.05, 0) is 48.5 Å². The second-order valence-corrected chi connectivity index (χ2v) is 13.0. The highest BCUT2D eigenvalue weighted by Crippen LogP contribution is 2.43. The lowest BCUT2D eigenvalue weighted by molar-refractivity contribution is 0.667. The van der Waals surface area contributed by atoms with Gasteiger partial charge in [0, 0.05) is 55.5 Å². The highest BCUT2D eigenvalue weighted by atomic mass is 16.3. The summed E-state index contributed by atoms with van der Waals surface area (Å²) in [5.74, 6) is 0.676. The third-order valence-corrected chi connectivity index (χ3v) is 10.1. The number of rotatable bonds is 4. The molecule has 0 fully saturated rings. The van der Waals surface area contributed by atoms with Gasteiger partial charge in [-0.15, -0.1) is 0 Å². The largest absolute Gasteiger partial charge is 0.452 e. The summed E-state index contributed by atoms with van der Waals surface area (Å²) in [4.78, 5) is 10.1. The Morgan fingerprint density at radius 3 is 1.61 bits per heavy atom. The molecule has 7 aromatic carbocycles. The Labute approximate surface area is 292 Å². The lowest BCUT2D eigenvalue weighted by atomic mass is 10.1. The lowest BCUT2D eigenvalue weighted by Crippen LogP contribution is -1.94. The number of furan rings is 1. The van der Waals surface area contributed by atoms with Crippen LogP contribution in [0.3, 0.4) is 0 Å². The van der Waals surface area contributed by atoms with E-state index in [-0.39, 0.29) is 0 Å². The number of benzene rings is 7. The predicted molar refractivity (Wildman–Crippen MR) is 209 cm³/mol. The fourth-order valence-corrected chi connectivity index (χ4v) is 7.93. The maximum atomic E-state index is 6.73. The Balaban J connectivity index is 1.19. The predicted octanol–water partition coefficient (Wildman–Crippen LogP) is 11.9. The quantitative estimate of drug-likeness (QED) is 0.190. The molecule has 5 nitrogen and oxygen atoms in total. The molecule has 0 saturated carbocycles. The van der Waals surface area contributed by atoms with E-state index >= 15 is 0 Å². The van der Waals surface area contributed by atoms with Crippen LogP contribution in [0.1, 0.15) is 0 Å². The van der Waals surface area contributed by atoms with Crippen molar-refractivity contribution in [2.45, 2.75) is 0 Å². The Morgan fingerprint density at radius 2 is 0.961 bits per heavy atom. The first-order chi connectivity index (χ1) is 25.3. The van der Waals surface area contributed by atoms with Gasteiger partial charge < -0.3 is 13.6 Å². The lowest BCUT2D eigenvalue weighted by Gasteiger charge is -2.09. The van der Waals surface area contributed by atoms with Gasteiger partial charge in [-0.1, -0.05) is 115 Å². The maximum Gasteiger partial charge on any atom is 0.180 e. The second kappa shape index (κ2) is 10.8. The van der Waals surface area contributed by atoms with Crippen LogP contribution in [-0.4, -0.2) is 19.1 Å². The SMILES string of the molecule is c1ccc(-c2nc(-c3ccccc3)c3oc4cc(-n5c6ccccc6c6c7c8ccccc8n(-c8ccccc8)c7ccc65)ccc4c3n2)cc1. The van der Waals surface area contributed by atoms with E-state index in [0.29, 0.717) is 11.4 Å². The van der Waals surface area contributed by atoms with E-state index in [1.54, 1.807) is 0 Å². The highest BCUT2D eigenvalue weighted by molar-refractivity contribution is 6.29. The molecule has 0 aliphatic carbocycles. The van der Waals surface area contributed by atoms with Crippen molar-refractivity contribution in [1.29, 1.82) is 0 Å². The van der Waals surface area contributed by atoms with E-state index < -0.39 is 0 Å². The van der Waals surface area contributed by atoms with E-state index in [2.05, 4.69) is 130 Å². The third-order valence-electron chi connectivity index (χ3n) is 10.1. The number of aromatic nitrogens is 4. The Hall–Kier alpha value is -6.98. The minimum absolute atomic E-state index is 0.676. The minimum Gasteiger partial charge on any atom is -0.452 e. The zero-order valence-corrected chi connectivity index (χ0v) is 27.4. The molecular formula is C46H28N4O. The molecule has 4 heterocycles. The summed E-state index contributed by atoms with van der Waals surface area (Å²) in [5, 5.41) is 5.90. The van der Waals surface area contributed by atoms with Gasteiger partial charge in [-0.2, -0.15) is 0 Å². The van der Waals surface area contributed by atoms with Gasteiger partial charge in [0.1, 0.15) is 16.8 Å². The first-order valence-corrected chi connectivity index (χ1v) is 17.2. The third kappa shape index (κ3) is 4.09. The van der Waals surface area contributed by atoms with Crippen LogP contribution >= 0.6 is 0 Å². The zero-order chi connectivity index (χ0) is 33.5. The van der Waals surface area contributed by atoms with E-state index in [1.165, 1.54) is 32.6 Å². The fraction of sp³-hybridized carbons (Fsp3) is 0. The summed E-state index contributed by atoms with van der Waals surface area (Å²) >= 11 is 0. The van der Waals surface area contributed by atoms with Crippen LogP contribution in [0.2, 0.25) is 0 Å². The molecule has 238 valence electrons. The van der Waals surface area contributed by atoms with Crippen molar-refractivity contribution >= 4 is 65.7 Å².